The van der Waals surface area contributed by atoms with Gasteiger partial charge in [0.25, 0.3) is 0 Å². The molecule has 0 unspecified atom stereocenters. The van der Waals surface area contributed by atoms with E-state index in [-0.39, 0.29) is 5.75 Å². The normalized spacial score (nSPS) is 10.2. The molecule has 0 aliphatic rings. The third kappa shape index (κ3) is 3.92. The second kappa shape index (κ2) is 6.87. The van der Waals surface area contributed by atoms with Crippen molar-refractivity contribution in [2.24, 2.45) is 5.73 Å². The van der Waals surface area contributed by atoms with Crippen molar-refractivity contribution < 1.29 is 9.13 Å². The predicted molar refractivity (Wildman–Crippen MR) is 90.9 cm³/mol. The molecule has 0 radical (unpaired) electrons. The molecule has 0 aliphatic heterocycles. The third-order valence-electron chi connectivity index (χ3n) is 2.75. The molecule has 0 atom stereocenters. The zero-order chi connectivity index (χ0) is 15.4. The molecule has 0 bridgehead atoms. The Balaban J connectivity index is 2.20. The van der Waals surface area contributed by atoms with Crippen molar-refractivity contribution in [3.05, 3.63) is 52.3 Å². The van der Waals surface area contributed by atoms with Crippen LogP contribution < -0.4 is 15.8 Å². The minimum Gasteiger partial charge on any atom is -0.491 e. The van der Waals surface area contributed by atoms with E-state index >= 15 is 0 Å². The Kier molecular flexibility index (Phi) is 5.14. The number of anilines is 2. The lowest BCUT2D eigenvalue weighted by Gasteiger charge is -2.11. The van der Waals surface area contributed by atoms with Gasteiger partial charge in [0.05, 0.1) is 6.61 Å². The highest BCUT2D eigenvalue weighted by atomic mass is 79.9. The second-order valence-electron chi connectivity index (χ2n) is 4.26. The molecule has 0 aliphatic carbocycles. The van der Waals surface area contributed by atoms with E-state index in [0.29, 0.717) is 17.3 Å². The molecule has 0 heterocycles. The van der Waals surface area contributed by atoms with Crippen LogP contribution in [0.4, 0.5) is 15.8 Å². The number of benzene rings is 2. The minimum atomic E-state index is -0.402. The number of thiocarbonyl (C=S) groups is 1. The van der Waals surface area contributed by atoms with E-state index in [2.05, 4.69) is 21.2 Å². The van der Waals surface area contributed by atoms with Crippen molar-refractivity contribution in [3.63, 3.8) is 0 Å². The minimum absolute atomic E-state index is 0.244. The van der Waals surface area contributed by atoms with Crippen LogP contribution >= 0.6 is 28.1 Å². The summed E-state index contributed by atoms with van der Waals surface area (Å²) in [7, 11) is 0. The van der Waals surface area contributed by atoms with E-state index < -0.39 is 5.82 Å². The fourth-order valence-electron chi connectivity index (χ4n) is 1.81. The van der Waals surface area contributed by atoms with E-state index in [1.54, 1.807) is 18.2 Å². The molecule has 110 valence electrons. The van der Waals surface area contributed by atoms with Gasteiger partial charge in [-0.2, -0.15) is 0 Å². The van der Waals surface area contributed by atoms with E-state index in [4.69, 9.17) is 22.7 Å². The van der Waals surface area contributed by atoms with Crippen LogP contribution in [0.2, 0.25) is 0 Å². The first-order chi connectivity index (χ1) is 10.0. The van der Waals surface area contributed by atoms with Gasteiger partial charge in [0.2, 0.25) is 0 Å². The number of halogens is 2. The van der Waals surface area contributed by atoms with E-state index in [1.165, 1.54) is 6.07 Å². The van der Waals surface area contributed by atoms with Gasteiger partial charge in [-0.25, -0.2) is 4.39 Å². The quantitative estimate of drug-likeness (QED) is 0.769. The van der Waals surface area contributed by atoms with Crippen LogP contribution in [0.25, 0.3) is 0 Å². The van der Waals surface area contributed by atoms with Crippen molar-refractivity contribution >= 4 is 44.5 Å². The Bertz CT molecular complexity index is 679. The summed E-state index contributed by atoms with van der Waals surface area (Å²) in [6.45, 7) is 2.24. The van der Waals surface area contributed by atoms with Crippen molar-refractivity contribution in [2.75, 3.05) is 11.9 Å². The average molecular weight is 369 g/mol. The SMILES string of the molecule is CCOc1ccc(Nc2ccc(C(N)=S)c(Br)c2)cc1F. The molecular formula is C15H14BrFN2OS. The van der Waals surface area contributed by atoms with Gasteiger partial charge >= 0.3 is 0 Å². The number of hydrogen-bond acceptors (Lipinski definition) is 3. The molecule has 2 aromatic carbocycles. The van der Waals surface area contributed by atoms with Crippen LogP contribution in [0.15, 0.2) is 40.9 Å². The Morgan fingerprint density at radius 2 is 1.95 bits per heavy atom. The Morgan fingerprint density at radius 1 is 1.29 bits per heavy atom. The van der Waals surface area contributed by atoms with E-state index in [0.717, 1.165) is 15.7 Å². The lowest BCUT2D eigenvalue weighted by Crippen LogP contribution is -2.10. The van der Waals surface area contributed by atoms with Gasteiger partial charge in [0.15, 0.2) is 11.6 Å². The first kappa shape index (κ1) is 15.7. The van der Waals surface area contributed by atoms with Crippen LogP contribution in [-0.4, -0.2) is 11.6 Å². The van der Waals surface area contributed by atoms with Gasteiger partial charge in [-0.1, -0.05) is 12.2 Å². The summed E-state index contributed by atoms with van der Waals surface area (Å²) < 4.78 is 19.7. The molecular weight excluding hydrogens is 355 g/mol. The number of nitrogens with one attached hydrogen (secondary N) is 1. The standard InChI is InChI=1S/C15H14BrFN2OS/c1-2-20-14-6-4-10(8-13(14)17)19-9-3-5-11(15(18)21)12(16)7-9/h3-8,19H,2H2,1H3,(H2,18,21). The smallest absolute Gasteiger partial charge is 0.167 e. The van der Waals surface area contributed by atoms with Gasteiger partial charge in [-0.3, -0.25) is 0 Å². The summed E-state index contributed by atoms with van der Waals surface area (Å²) in [5, 5.41) is 3.11. The number of ether oxygens (including phenoxy) is 1. The Labute approximate surface area is 136 Å². The fourth-order valence-corrected chi connectivity index (χ4v) is 2.71. The first-order valence-corrected chi connectivity index (χ1v) is 7.50. The van der Waals surface area contributed by atoms with Crippen LogP contribution in [0.1, 0.15) is 12.5 Å². The molecule has 0 amide bonds. The highest BCUT2D eigenvalue weighted by Crippen LogP contribution is 2.26. The topological polar surface area (TPSA) is 47.3 Å². The second-order valence-corrected chi connectivity index (χ2v) is 5.56. The van der Waals surface area contributed by atoms with Gasteiger partial charge in [-0.15, -0.1) is 0 Å². The molecule has 0 spiro atoms. The van der Waals surface area contributed by atoms with Crippen LogP contribution in [0, 0.1) is 5.82 Å². The molecule has 2 rings (SSSR count). The van der Waals surface area contributed by atoms with Crippen molar-refractivity contribution in [1.29, 1.82) is 0 Å². The van der Waals surface area contributed by atoms with Crippen molar-refractivity contribution in [2.45, 2.75) is 6.92 Å². The first-order valence-electron chi connectivity index (χ1n) is 6.30. The van der Waals surface area contributed by atoms with Crippen LogP contribution in [-0.2, 0) is 0 Å². The largest absolute Gasteiger partial charge is 0.491 e. The fraction of sp³-hybridized carbons (Fsp3) is 0.133. The summed E-state index contributed by atoms with van der Waals surface area (Å²) in [6, 6.07) is 10.2. The maximum atomic E-state index is 13.8. The monoisotopic (exact) mass is 368 g/mol. The maximum Gasteiger partial charge on any atom is 0.167 e. The van der Waals surface area contributed by atoms with Gasteiger partial charge in [0, 0.05) is 27.5 Å². The molecule has 3 nitrogen and oxygen atoms in total. The average Bonchev–Trinajstić information content (AvgIpc) is 2.41. The van der Waals surface area contributed by atoms with Crippen molar-refractivity contribution in [1.82, 2.24) is 0 Å². The van der Waals surface area contributed by atoms with E-state index in [9.17, 15) is 4.39 Å². The molecule has 0 saturated carbocycles. The van der Waals surface area contributed by atoms with Crippen molar-refractivity contribution in [3.8, 4) is 5.75 Å². The number of hydrogen-bond donors (Lipinski definition) is 2. The lowest BCUT2D eigenvalue weighted by atomic mass is 10.2. The summed E-state index contributed by atoms with van der Waals surface area (Å²) in [6.07, 6.45) is 0. The summed E-state index contributed by atoms with van der Waals surface area (Å²) >= 11 is 8.35. The number of rotatable bonds is 5. The van der Waals surface area contributed by atoms with Crippen LogP contribution in [0.3, 0.4) is 0 Å². The molecule has 0 aromatic heterocycles. The highest BCUT2D eigenvalue weighted by molar-refractivity contribution is 9.10. The zero-order valence-electron chi connectivity index (χ0n) is 11.3. The molecule has 21 heavy (non-hydrogen) atoms. The zero-order valence-corrected chi connectivity index (χ0v) is 13.7. The molecule has 0 fully saturated rings. The maximum absolute atomic E-state index is 13.8. The third-order valence-corrected chi connectivity index (χ3v) is 3.63. The lowest BCUT2D eigenvalue weighted by molar-refractivity contribution is 0.321. The summed E-state index contributed by atoms with van der Waals surface area (Å²) in [5.41, 5.74) is 7.78. The predicted octanol–water partition coefficient (Wildman–Crippen LogP) is 4.36. The molecule has 0 saturated heterocycles. The van der Waals surface area contributed by atoms with Gasteiger partial charge in [0.1, 0.15) is 4.99 Å². The molecule has 6 heteroatoms. The Hall–Kier alpha value is -1.66. The number of nitrogens with two attached hydrogens (primary N) is 1. The highest BCUT2D eigenvalue weighted by Gasteiger charge is 2.07. The van der Waals surface area contributed by atoms with Gasteiger partial charge in [-0.05, 0) is 53.2 Å². The molecule has 2 aromatic rings. The van der Waals surface area contributed by atoms with Gasteiger partial charge < -0.3 is 15.8 Å². The summed E-state index contributed by atoms with van der Waals surface area (Å²) in [4.78, 5) is 0.320. The van der Waals surface area contributed by atoms with E-state index in [1.807, 2.05) is 19.1 Å². The molecule has 3 N–H and O–H groups in total. The van der Waals surface area contributed by atoms with Crippen LogP contribution in [0.5, 0.6) is 5.75 Å². The Morgan fingerprint density at radius 3 is 2.52 bits per heavy atom. The summed E-state index contributed by atoms with van der Waals surface area (Å²) in [5.74, 6) is -0.159.